The third-order valence-corrected chi connectivity index (χ3v) is 16.9. The Kier molecular flexibility index (Phi) is 12.7. The van der Waals surface area contributed by atoms with E-state index in [4.69, 9.17) is 41.5 Å². The Morgan fingerprint density at radius 2 is 1.89 bits per heavy atom. The quantitative estimate of drug-likeness (QED) is 0.0963. The molecule has 5 unspecified atom stereocenters. The molecule has 0 saturated carbocycles. The lowest BCUT2D eigenvalue weighted by molar-refractivity contribution is -0.172. The predicted octanol–water partition coefficient (Wildman–Crippen LogP) is 7.33. The second-order valence-corrected chi connectivity index (χ2v) is 21.2. The standard InChI is InChI=1S/C54H52ClF2N9O7S/c1-6-30-32-17-29(10-13-40(32)60-45-35(30)22-66-41(45)19-37-36(51(66)68)25-72-52(69)54(37,70)7-2)71-23-26(3)50(67)64-15-16-65(27(4)21-64)49-33-18-38(55)43(31-11-12-39(56)47-42(31)34(20-58)48(59)74-47)44(57)46(33)61-53(62-49)73-24-28-9-8-14-63(28)5/h10-13,17-19,27-28,34,48,70H,3,6-9,14-16,21-25,59H2,1-2,4-5H3. The van der Waals surface area contributed by atoms with Crippen molar-refractivity contribution in [2.75, 3.05) is 51.3 Å². The molecule has 382 valence electrons. The Hall–Kier alpha value is -6.69. The summed E-state index contributed by atoms with van der Waals surface area (Å²) in [5.41, 5.74) is 8.76. The van der Waals surface area contributed by atoms with Crippen molar-refractivity contribution in [3.8, 4) is 40.3 Å². The van der Waals surface area contributed by atoms with E-state index < -0.39 is 34.5 Å². The van der Waals surface area contributed by atoms with Gasteiger partial charge in [-0.15, -0.1) is 11.8 Å². The maximum absolute atomic E-state index is 17.3. The summed E-state index contributed by atoms with van der Waals surface area (Å²) in [4.78, 5) is 61.1. The fourth-order valence-electron chi connectivity index (χ4n) is 11.3. The summed E-state index contributed by atoms with van der Waals surface area (Å²) in [5, 5.41) is 21.8. The lowest BCUT2D eigenvalue weighted by Crippen LogP contribution is -2.54. The number of anilines is 1. The van der Waals surface area contributed by atoms with E-state index in [9.17, 15) is 24.8 Å². The number of nitrogens with two attached hydrogens (primary N) is 1. The third-order valence-electron chi connectivity index (χ3n) is 15.4. The molecular weight excluding hydrogens is 992 g/mol. The summed E-state index contributed by atoms with van der Waals surface area (Å²) in [6.45, 7) is 11.7. The molecule has 5 atom stereocenters. The van der Waals surface area contributed by atoms with Crippen LogP contribution in [0.4, 0.5) is 14.6 Å². The van der Waals surface area contributed by atoms with Gasteiger partial charge in [0, 0.05) is 69.6 Å². The highest BCUT2D eigenvalue weighted by atomic mass is 35.5. The third kappa shape index (κ3) is 7.95. The molecule has 0 bridgehead atoms. The van der Waals surface area contributed by atoms with Crippen molar-refractivity contribution in [2.45, 2.75) is 93.5 Å². The number of likely N-dealkylation sites (N-methyl/N-ethyl adjacent to an activating group) is 1. The van der Waals surface area contributed by atoms with Gasteiger partial charge < -0.3 is 44.3 Å². The number of cyclic esters (lactones) is 1. The normalized spacial score (nSPS) is 22.1. The number of benzene rings is 3. The number of fused-ring (bicyclic) bond motifs is 7. The van der Waals surface area contributed by atoms with Gasteiger partial charge >= 0.3 is 12.0 Å². The number of piperazine rings is 1. The van der Waals surface area contributed by atoms with E-state index in [0.29, 0.717) is 46.8 Å². The Morgan fingerprint density at radius 3 is 2.62 bits per heavy atom. The number of carbonyl (C=O) groups excluding carboxylic acids is 2. The summed E-state index contributed by atoms with van der Waals surface area (Å²) >= 11 is 8.01. The lowest BCUT2D eigenvalue weighted by atomic mass is 9.86. The first-order chi connectivity index (χ1) is 35.5. The van der Waals surface area contributed by atoms with Crippen LogP contribution in [0.15, 0.2) is 64.3 Å². The highest BCUT2D eigenvalue weighted by Gasteiger charge is 2.46. The molecule has 11 rings (SSSR count). The molecule has 74 heavy (non-hydrogen) atoms. The number of halogens is 3. The second-order valence-electron chi connectivity index (χ2n) is 19.6. The smallest absolute Gasteiger partial charge is 0.343 e. The molecule has 1 amide bonds. The van der Waals surface area contributed by atoms with Crippen molar-refractivity contribution in [3.63, 3.8) is 0 Å². The van der Waals surface area contributed by atoms with Gasteiger partial charge in [-0.1, -0.05) is 38.1 Å². The molecule has 0 spiro atoms. The molecule has 5 aliphatic rings. The number of carbonyl (C=O) groups is 2. The van der Waals surface area contributed by atoms with Crippen molar-refractivity contribution in [3.05, 3.63) is 109 Å². The molecule has 0 aliphatic carbocycles. The van der Waals surface area contributed by atoms with Gasteiger partial charge in [0.2, 0.25) is 0 Å². The predicted molar refractivity (Wildman–Crippen MR) is 275 cm³/mol. The van der Waals surface area contributed by atoms with Crippen molar-refractivity contribution < 1.29 is 37.7 Å². The molecule has 3 aromatic carbocycles. The molecule has 2 saturated heterocycles. The maximum Gasteiger partial charge on any atom is 0.343 e. The monoisotopic (exact) mass is 1040 g/mol. The van der Waals surface area contributed by atoms with Gasteiger partial charge in [0.05, 0.1) is 51.4 Å². The zero-order valence-corrected chi connectivity index (χ0v) is 42.7. The van der Waals surface area contributed by atoms with Gasteiger partial charge in [-0.25, -0.2) is 18.6 Å². The number of aromatic nitrogens is 4. The number of ether oxygens (including phenoxy) is 3. The van der Waals surface area contributed by atoms with Crippen LogP contribution in [0.5, 0.6) is 11.8 Å². The number of esters is 1. The van der Waals surface area contributed by atoms with Crippen LogP contribution in [0, 0.1) is 23.0 Å². The Balaban J connectivity index is 0.832. The summed E-state index contributed by atoms with van der Waals surface area (Å²) in [6, 6.07) is 13.3. The van der Waals surface area contributed by atoms with E-state index in [1.54, 1.807) is 34.6 Å². The van der Waals surface area contributed by atoms with Crippen LogP contribution in [0.25, 0.3) is 44.3 Å². The van der Waals surface area contributed by atoms with Gasteiger partial charge in [0.1, 0.15) is 42.7 Å². The zero-order valence-electron chi connectivity index (χ0n) is 41.1. The number of aliphatic hydroxyl groups is 1. The first-order valence-corrected chi connectivity index (χ1v) is 26.0. The summed E-state index contributed by atoms with van der Waals surface area (Å²) < 4.78 is 51.8. The first kappa shape index (κ1) is 49.5. The molecule has 16 nitrogen and oxygen atoms in total. The fraction of sp³-hybridized carbons (Fsp3) is 0.389. The number of nitrogens with zero attached hydrogens (tertiary/aromatic N) is 8. The average Bonchev–Trinajstić information content (AvgIpc) is 4.09. The largest absolute Gasteiger partial charge is 0.489 e. The molecule has 20 heteroatoms. The van der Waals surface area contributed by atoms with Crippen molar-refractivity contribution in [1.82, 2.24) is 29.3 Å². The number of hydrogen-bond donors (Lipinski definition) is 2. The first-order valence-electron chi connectivity index (χ1n) is 24.7. The molecule has 3 N–H and O–H groups in total. The van der Waals surface area contributed by atoms with Gasteiger partial charge in [-0.3, -0.25) is 9.59 Å². The number of hydrogen-bond acceptors (Lipinski definition) is 15. The van der Waals surface area contributed by atoms with Crippen LogP contribution >= 0.6 is 23.4 Å². The Morgan fingerprint density at radius 1 is 1.08 bits per heavy atom. The number of pyridine rings is 2. The van der Waals surface area contributed by atoms with Gasteiger partial charge in [-0.2, -0.15) is 15.2 Å². The van der Waals surface area contributed by atoms with E-state index in [0.717, 1.165) is 47.7 Å². The number of rotatable bonds is 11. The van der Waals surface area contributed by atoms with Crippen LogP contribution in [0.1, 0.15) is 73.8 Å². The van der Waals surface area contributed by atoms with E-state index in [-0.39, 0.29) is 124 Å². The van der Waals surface area contributed by atoms with E-state index in [2.05, 4.69) is 22.5 Å². The molecule has 3 aromatic heterocycles. The number of likely N-dealkylation sites (tertiary alicyclic amines) is 1. The minimum atomic E-state index is -1.93. The van der Waals surface area contributed by atoms with E-state index in [1.807, 2.05) is 37.9 Å². The van der Waals surface area contributed by atoms with Gasteiger partial charge in [-0.05, 0) is 99.3 Å². The minimum absolute atomic E-state index is 0.00908. The molecule has 5 aliphatic heterocycles. The molecular formula is C54H52ClF2N9O7S. The van der Waals surface area contributed by atoms with Crippen molar-refractivity contribution in [1.29, 1.82) is 5.26 Å². The number of nitriles is 1. The summed E-state index contributed by atoms with van der Waals surface area (Å²) in [6.07, 6.45) is 2.59. The number of aryl methyl sites for hydroxylation is 1. The average molecular weight is 1040 g/mol. The number of amides is 1. The van der Waals surface area contributed by atoms with Crippen molar-refractivity contribution >= 4 is 62.9 Å². The van der Waals surface area contributed by atoms with Crippen LogP contribution in [0.3, 0.4) is 0 Å². The summed E-state index contributed by atoms with van der Waals surface area (Å²) in [5.74, 6) is -2.48. The fourth-order valence-corrected chi connectivity index (χ4v) is 12.8. The van der Waals surface area contributed by atoms with Crippen LogP contribution in [0.2, 0.25) is 5.02 Å². The number of thioether (sulfide) groups is 1. The topological polar surface area (TPSA) is 202 Å². The highest BCUT2D eigenvalue weighted by molar-refractivity contribution is 8.00. The second kappa shape index (κ2) is 18.9. The van der Waals surface area contributed by atoms with Crippen LogP contribution in [-0.2, 0) is 39.5 Å². The highest BCUT2D eigenvalue weighted by Crippen LogP contribution is 2.51. The van der Waals surface area contributed by atoms with Crippen LogP contribution < -0.4 is 25.7 Å². The SMILES string of the molecule is C=C(COc1ccc2nc3c(c(CC)c2c1)Cn1c-3cc2c(c1=O)COC(=O)C2(O)CC)C(=O)N1CCN(c2nc(OCC3CCCN3C)nc3c(F)c(-c4ccc(F)c5c4C(C#N)C(N)S5)c(Cl)cc23)C(C)C1. The van der Waals surface area contributed by atoms with Crippen LogP contribution in [-0.4, -0.2) is 110 Å². The Labute approximate surface area is 433 Å². The van der Waals surface area contributed by atoms with Gasteiger partial charge in [0.25, 0.3) is 11.5 Å². The van der Waals surface area contributed by atoms with E-state index >= 15 is 8.78 Å². The molecule has 2 fully saturated rings. The summed E-state index contributed by atoms with van der Waals surface area (Å²) in [7, 11) is 2.02. The molecule has 6 aromatic rings. The minimum Gasteiger partial charge on any atom is -0.489 e. The zero-order chi connectivity index (χ0) is 52.1. The van der Waals surface area contributed by atoms with Gasteiger partial charge in [0.15, 0.2) is 11.4 Å². The Bertz CT molecular complexity index is 3520. The van der Waals surface area contributed by atoms with E-state index in [1.165, 1.54) is 12.1 Å². The van der Waals surface area contributed by atoms with Crippen molar-refractivity contribution in [2.24, 2.45) is 5.73 Å². The molecule has 8 heterocycles. The molecule has 0 radical (unpaired) electrons. The maximum atomic E-state index is 17.3. The lowest BCUT2D eigenvalue weighted by Gasteiger charge is -2.41.